The number of benzene rings is 2. The first-order valence-electron chi connectivity index (χ1n) is 6.65. The summed E-state index contributed by atoms with van der Waals surface area (Å²) in [5.41, 5.74) is 4.73. The van der Waals surface area contributed by atoms with Crippen LogP contribution in [0.3, 0.4) is 0 Å². The Bertz CT molecular complexity index is 645. The Labute approximate surface area is 124 Å². The van der Waals surface area contributed by atoms with Gasteiger partial charge in [-0.3, -0.25) is 0 Å². The molecule has 0 aliphatic carbocycles. The van der Waals surface area contributed by atoms with Gasteiger partial charge in [-0.05, 0) is 41.5 Å². The van der Waals surface area contributed by atoms with E-state index in [1.165, 1.54) is 11.3 Å². The molecule has 1 heterocycles. The van der Waals surface area contributed by atoms with Crippen molar-refractivity contribution in [2.45, 2.75) is 6.04 Å². The summed E-state index contributed by atoms with van der Waals surface area (Å²) in [5.74, 6) is 0. The third kappa shape index (κ3) is 2.52. The van der Waals surface area contributed by atoms with Crippen LogP contribution in [0.5, 0.6) is 0 Å². The minimum Gasteiger partial charge on any atom is -0.378 e. The van der Waals surface area contributed by atoms with Gasteiger partial charge in [-0.2, -0.15) is 0 Å². The molecule has 3 rings (SSSR count). The summed E-state index contributed by atoms with van der Waals surface area (Å²) in [6, 6.07) is 14.7. The molecule has 1 aliphatic heterocycles. The normalized spacial score (nSPS) is 16.4. The molecule has 0 spiro atoms. The monoisotopic (exact) mass is 284 g/mol. The van der Waals surface area contributed by atoms with E-state index in [0.29, 0.717) is 0 Å². The molecule has 0 aromatic heterocycles. The Hall–Kier alpha value is -1.93. The second-order valence-electron chi connectivity index (χ2n) is 5.20. The summed E-state index contributed by atoms with van der Waals surface area (Å²) in [5, 5.41) is 4.30. The van der Waals surface area contributed by atoms with Gasteiger partial charge in [0.15, 0.2) is 0 Å². The number of anilines is 2. The van der Waals surface area contributed by atoms with Gasteiger partial charge in [-0.15, -0.1) is 0 Å². The fourth-order valence-corrected chi connectivity index (χ4v) is 2.57. The summed E-state index contributed by atoms with van der Waals surface area (Å²) in [6.07, 6.45) is 4.30. The highest BCUT2D eigenvalue weighted by molar-refractivity contribution is 6.30. The van der Waals surface area contributed by atoms with Crippen LogP contribution < -0.4 is 10.2 Å². The number of fused-ring (bicyclic) bond motifs is 1. The number of nitrogens with zero attached hydrogens (tertiary/aromatic N) is 1. The lowest BCUT2D eigenvalue weighted by molar-refractivity contribution is 0.977. The van der Waals surface area contributed by atoms with Crippen LogP contribution in [-0.2, 0) is 0 Å². The first-order valence-corrected chi connectivity index (χ1v) is 7.03. The van der Waals surface area contributed by atoms with Gasteiger partial charge in [0.05, 0.1) is 6.04 Å². The van der Waals surface area contributed by atoms with Crippen molar-refractivity contribution in [1.29, 1.82) is 0 Å². The summed E-state index contributed by atoms with van der Waals surface area (Å²) < 4.78 is 0. The molecule has 20 heavy (non-hydrogen) atoms. The molecule has 1 unspecified atom stereocenters. The fraction of sp³-hybridized carbons (Fsp3) is 0.176. The Morgan fingerprint density at radius 2 is 1.80 bits per heavy atom. The molecule has 2 aromatic carbocycles. The molecular formula is C17H17ClN2. The SMILES string of the molecule is CN(C)c1ccc(C2C=Cc3cc(Cl)ccc3N2)cc1. The minimum absolute atomic E-state index is 0.208. The largest absolute Gasteiger partial charge is 0.378 e. The van der Waals surface area contributed by atoms with Crippen molar-refractivity contribution in [3.05, 3.63) is 64.7 Å². The van der Waals surface area contributed by atoms with Crippen LogP contribution in [0.25, 0.3) is 6.08 Å². The average Bonchev–Trinajstić information content (AvgIpc) is 2.47. The van der Waals surface area contributed by atoms with Crippen LogP contribution in [0.4, 0.5) is 11.4 Å². The van der Waals surface area contributed by atoms with Crippen molar-refractivity contribution in [2.24, 2.45) is 0 Å². The molecule has 0 bridgehead atoms. The summed E-state index contributed by atoms with van der Waals surface area (Å²) in [7, 11) is 4.10. The van der Waals surface area contributed by atoms with Crippen LogP contribution in [0.1, 0.15) is 17.2 Å². The van der Waals surface area contributed by atoms with E-state index in [1.54, 1.807) is 0 Å². The van der Waals surface area contributed by atoms with Crippen molar-refractivity contribution >= 4 is 29.1 Å². The third-order valence-electron chi connectivity index (χ3n) is 3.56. The topological polar surface area (TPSA) is 15.3 Å². The number of rotatable bonds is 2. The maximum atomic E-state index is 6.01. The highest BCUT2D eigenvalue weighted by Gasteiger charge is 2.14. The quantitative estimate of drug-likeness (QED) is 0.868. The van der Waals surface area contributed by atoms with Gasteiger partial charge >= 0.3 is 0 Å². The molecule has 1 aliphatic rings. The Morgan fingerprint density at radius 3 is 2.50 bits per heavy atom. The lowest BCUT2D eigenvalue weighted by Crippen LogP contribution is -2.13. The molecule has 102 valence electrons. The van der Waals surface area contributed by atoms with E-state index >= 15 is 0 Å². The number of halogens is 1. The van der Waals surface area contributed by atoms with Crippen molar-refractivity contribution in [2.75, 3.05) is 24.3 Å². The zero-order chi connectivity index (χ0) is 14.1. The molecule has 0 saturated heterocycles. The van der Waals surface area contributed by atoms with Crippen LogP contribution in [0, 0.1) is 0 Å². The molecule has 0 radical (unpaired) electrons. The first-order chi connectivity index (χ1) is 9.63. The van der Waals surface area contributed by atoms with Gasteiger partial charge in [0.25, 0.3) is 0 Å². The lowest BCUT2D eigenvalue weighted by Gasteiger charge is -2.23. The van der Waals surface area contributed by atoms with Crippen molar-refractivity contribution in [3.63, 3.8) is 0 Å². The Kier molecular flexibility index (Phi) is 3.41. The van der Waals surface area contributed by atoms with E-state index in [-0.39, 0.29) is 6.04 Å². The van der Waals surface area contributed by atoms with E-state index in [0.717, 1.165) is 16.3 Å². The average molecular weight is 285 g/mol. The van der Waals surface area contributed by atoms with E-state index in [4.69, 9.17) is 11.6 Å². The molecule has 1 N–H and O–H groups in total. The summed E-state index contributed by atoms with van der Waals surface area (Å²) in [6.45, 7) is 0. The Balaban J connectivity index is 1.85. The second-order valence-corrected chi connectivity index (χ2v) is 5.64. The van der Waals surface area contributed by atoms with Gasteiger partial charge in [-0.1, -0.05) is 35.9 Å². The molecule has 0 amide bonds. The second kappa shape index (κ2) is 5.22. The van der Waals surface area contributed by atoms with Crippen LogP contribution in [-0.4, -0.2) is 14.1 Å². The van der Waals surface area contributed by atoms with Crippen molar-refractivity contribution in [3.8, 4) is 0 Å². The third-order valence-corrected chi connectivity index (χ3v) is 3.80. The van der Waals surface area contributed by atoms with Gasteiger partial charge in [0, 0.05) is 30.5 Å². The molecule has 0 fully saturated rings. The number of nitrogens with one attached hydrogen (secondary N) is 1. The predicted molar refractivity (Wildman–Crippen MR) is 87.6 cm³/mol. The zero-order valence-electron chi connectivity index (χ0n) is 11.6. The minimum atomic E-state index is 0.208. The molecule has 2 nitrogen and oxygen atoms in total. The maximum absolute atomic E-state index is 6.01. The molecular weight excluding hydrogens is 268 g/mol. The van der Waals surface area contributed by atoms with E-state index < -0.39 is 0 Å². The van der Waals surface area contributed by atoms with Crippen molar-refractivity contribution < 1.29 is 0 Å². The smallest absolute Gasteiger partial charge is 0.0701 e. The van der Waals surface area contributed by atoms with E-state index in [9.17, 15) is 0 Å². The summed E-state index contributed by atoms with van der Waals surface area (Å²) in [4.78, 5) is 2.10. The maximum Gasteiger partial charge on any atom is 0.0701 e. The Morgan fingerprint density at radius 1 is 1.05 bits per heavy atom. The zero-order valence-corrected chi connectivity index (χ0v) is 12.4. The van der Waals surface area contributed by atoms with Crippen LogP contribution in [0.15, 0.2) is 48.5 Å². The highest BCUT2D eigenvalue weighted by Crippen LogP contribution is 2.32. The van der Waals surface area contributed by atoms with Gasteiger partial charge in [0.1, 0.15) is 0 Å². The highest BCUT2D eigenvalue weighted by atomic mass is 35.5. The number of hydrogen-bond donors (Lipinski definition) is 1. The fourth-order valence-electron chi connectivity index (χ4n) is 2.39. The van der Waals surface area contributed by atoms with Crippen LogP contribution in [0.2, 0.25) is 5.02 Å². The molecule has 3 heteroatoms. The standard InChI is InChI=1S/C17H17ClN2/c1-20(2)15-7-3-12(4-8-15)16-9-5-13-11-14(18)6-10-17(13)19-16/h3-11,16,19H,1-2H3. The molecule has 0 saturated carbocycles. The molecule has 1 atom stereocenters. The first kappa shape index (κ1) is 13.1. The molecule has 2 aromatic rings. The van der Waals surface area contributed by atoms with Crippen molar-refractivity contribution in [1.82, 2.24) is 0 Å². The van der Waals surface area contributed by atoms with Gasteiger partial charge < -0.3 is 10.2 Å². The van der Waals surface area contributed by atoms with Crippen LogP contribution >= 0.6 is 11.6 Å². The van der Waals surface area contributed by atoms with Gasteiger partial charge in [-0.25, -0.2) is 0 Å². The van der Waals surface area contributed by atoms with E-state index in [1.807, 2.05) is 32.3 Å². The van der Waals surface area contributed by atoms with Gasteiger partial charge in [0.2, 0.25) is 0 Å². The lowest BCUT2D eigenvalue weighted by atomic mass is 9.99. The summed E-state index contributed by atoms with van der Waals surface area (Å²) >= 11 is 6.01. The van der Waals surface area contributed by atoms with E-state index in [2.05, 4.69) is 46.6 Å². The predicted octanol–water partition coefficient (Wildman–Crippen LogP) is 4.59. The number of hydrogen-bond acceptors (Lipinski definition) is 2.